The Morgan fingerprint density at radius 2 is 1.93 bits per heavy atom. The van der Waals surface area contributed by atoms with Gasteiger partial charge in [0, 0.05) is 22.3 Å². The molecule has 0 radical (unpaired) electrons. The number of hydrogen-bond acceptors (Lipinski definition) is 4. The molecule has 0 saturated heterocycles. The monoisotopic (exact) mass is 389 g/mol. The summed E-state index contributed by atoms with van der Waals surface area (Å²) in [5, 5.41) is 16.1. The normalized spacial score (nSPS) is 11.2. The van der Waals surface area contributed by atoms with E-state index in [4.69, 9.17) is 11.6 Å². The summed E-state index contributed by atoms with van der Waals surface area (Å²) in [6.45, 7) is 1.85. The van der Waals surface area contributed by atoms with E-state index in [1.807, 2.05) is 61.5 Å². The first-order valence-corrected chi connectivity index (χ1v) is 9.01. The van der Waals surface area contributed by atoms with Gasteiger partial charge in [-0.15, -0.1) is 10.2 Å². The molecule has 0 saturated carbocycles. The van der Waals surface area contributed by atoms with Crippen LogP contribution in [-0.2, 0) is 4.79 Å². The van der Waals surface area contributed by atoms with E-state index in [0.29, 0.717) is 22.2 Å². The molecule has 6 nitrogen and oxygen atoms in total. The molecule has 0 unspecified atom stereocenters. The summed E-state index contributed by atoms with van der Waals surface area (Å²) in [7, 11) is 0. The second kappa shape index (κ2) is 7.62. The highest BCUT2D eigenvalue weighted by atomic mass is 35.5. The summed E-state index contributed by atoms with van der Waals surface area (Å²) < 4.78 is 1.69. The average molecular weight is 390 g/mol. The fraction of sp³-hybridized carbons (Fsp3) is 0.0476. The molecule has 1 N–H and O–H groups in total. The van der Waals surface area contributed by atoms with Crippen molar-refractivity contribution in [2.45, 2.75) is 6.92 Å². The number of fused-ring (bicyclic) bond motifs is 1. The van der Waals surface area contributed by atoms with Crippen LogP contribution in [0.5, 0.6) is 0 Å². The third-order valence-electron chi connectivity index (χ3n) is 4.16. The maximum atomic E-state index is 12.3. The van der Waals surface area contributed by atoms with E-state index in [0.717, 1.165) is 16.8 Å². The van der Waals surface area contributed by atoms with Crippen LogP contribution < -0.4 is 5.32 Å². The van der Waals surface area contributed by atoms with Gasteiger partial charge < -0.3 is 5.32 Å². The summed E-state index contributed by atoms with van der Waals surface area (Å²) >= 11 is 6.10. The van der Waals surface area contributed by atoms with Gasteiger partial charge >= 0.3 is 0 Å². The van der Waals surface area contributed by atoms with Crippen molar-refractivity contribution in [3.63, 3.8) is 0 Å². The van der Waals surface area contributed by atoms with Crippen molar-refractivity contribution in [3.8, 4) is 11.3 Å². The number of carbonyl (C=O) groups excluding carboxylic acids is 1. The molecule has 2 aromatic heterocycles. The zero-order chi connectivity index (χ0) is 19.5. The lowest BCUT2D eigenvalue weighted by atomic mass is 10.1. The van der Waals surface area contributed by atoms with E-state index in [1.54, 1.807) is 16.7 Å². The first-order chi connectivity index (χ1) is 13.6. The number of carbonyl (C=O) groups is 1. The predicted octanol–water partition coefficient (Wildman–Crippen LogP) is 4.41. The number of rotatable bonds is 4. The number of halogens is 1. The quantitative estimate of drug-likeness (QED) is 0.525. The fourth-order valence-corrected chi connectivity index (χ4v) is 2.96. The molecule has 4 aromatic rings. The predicted molar refractivity (Wildman–Crippen MR) is 110 cm³/mol. The molecule has 28 heavy (non-hydrogen) atoms. The van der Waals surface area contributed by atoms with Crippen molar-refractivity contribution in [3.05, 3.63) is 83.2 Å². The highest BCUT2D eigenvalue weighted by Crippen LogP contribution is 2.22. The van der Waals surface area contributed by atoms with E-state index in [2.05, 4.69) is 20.6 Å². The van der Waals surface area contributed by atoms with E-state index >= 15 is 0 Å². The Hall–Kier alpha value is -3.51. The number of hydrogen-bond donors (Lipinski definition) is 1. The minimum absolute atomic E-state index is 0.241. The Labute approximate surface area is 166 Å². The van der Waals surface area contributed by atoms with Crippen molar-refractivity contribution in [2.24, 2.45) is 0 Å². The van der Waals surface area contributed by atoms with E-state index in [9.17, 15) is 4.79 Å². The Morgan fingerprint density at radius 1 is 1.07 bits per heavy atom. The first-order valence-electron chi connectivity index (χ1n) is 8.63. The van der Waals surface area contributed by atoms with Gasteiger partial charge in [0.2, 0.25) is 5.91 Å². The topological polar surface area (TPSA) is 72.2 Å². The van der Waals surface area contributed by atoms with Gasteiger partial charge in [0.25, 0.3) is 0 Å². The number of nitrogens with one attached hydrogen (secondary N) is 1. The molecule has 0 spiro atoms. The molecular weight excluding hydrogens is 374 g/mol. The molecule has 0 aliphatic heterocycles. The highest BCUT2D eigenvalue weighted by Gasteiger charge is 2.07. The molecule has 0 fully saturated rings. The fourth-order valence-electron chi connectivity index (χ4n) is 2.77. The van der Waals surface area contributed by atoms with Crippen LogP contribution in [0.1, 0.15) is 11.4 Å². The third kappa shape index (κ3) is 3.77. The molecule has 0 atom stereocenters. The standard InChI is InChI=1S/C21H16ClN5O/c1-14-24-25-20-11-10-19(26-27(14)20)16-6-4-7-17(13-16)23-21(28)12-9-15-5-2-3-8-18(15)22/h2-13H,1H3,(H,23,28)/b12-9+. The van der Waals surface area contributed by atoms with Crippen molar-refractivity contribution in [1.82, 2.24) is 19.8 Å². The van der Waals surface area contributed by atoms with Gasteiger partial charge in [-0.1, -0.05) is 41.9 Å². The van der Waals surface area contributed by atoms with Crippen LogP contribution in [0.3, 0.4) is 0 Å². The van der Waals surface area contributed by atoms with E-state index < -0.39 is 0 Å². The zero-order valence-corrected chi connectivity index (χ0v) is 15.8. The van der Waals surface area contributed by atoms with Crippen LogP contribution in [0.4, 0.5) is 5.69 Å². The molecule has 0 aliphatic carbocycles. The molecule has 138 valence electrons. The van der Waals surface area contributed by atoms with Crippen LogP contribution in [0.15, 0.2) is 66.7 Å². The Morgan fingerprint density at radius 3 is 2.79 bits per heavy atom. The number of anilines is 1. The molecule has 1 amide bonds. The van der Waals surface area contributed by atoms with Crippen molar-refractivity contribution < 1.29 is 4.79 Å². The smallest absolute Gasteiger partial charge is 0.248 e. The van der Waals surface area contributed by atoms with Gasteiger partial charge in [0.05, 0.1) is 5.69 Å². The summed E-state index contributed by atoms with van der Waals surface area (Å²) in [6.07, 6.45) is 3.14. The molecular formula is C21H16ClN5O. The zero-order valence-electron chi connectivity index (χ0n) is 15.0. The molecule has 4 rings (SSSR count). The highest BCUT2D eigenvalue weighted by molar-refractivity contribution is 6.32. The summed E-state index contributed by atoms with van der Waals surface area (Å²) in [5.74, 6) is 0.473. The molecule has 0 bridgehead atoms. The average Bonchev–Trinajstić information content (AvgIpc) is 3.08. The maximum absolute atomic E-state index is 12.3. The van der Waals surface area contributed by atoms with Crippen LogP contribution in [0.25, 0.3) is 23.0 Å². The summed E-state index contributed by atoms with van der Waals surface area (Å²) in [5.41, 5.74) is 3.79. The van der Waals surface area contributed by atoms with Crippen LogP contribution in [0, 0.1) is 6.92 Å². The van der Waals surface area contributed by atoms with Crippen molar-refractivity contribution >= 4 is 34.9 Å². The number of aromatic nitrogens is 4. The van der Waals surface area contributed by atoms with Gasteiger partial charge in [-0.25, -0.2) is 0 Å². The maximum Gasteiger partial charge on any atom is 0.248 e. The van der Waals surface area contributed by atoms with Gasteiger partial charge in [-0.3, -0.25) is 4.79 Å². The van der Waals surface area contributed by atoms with E-state index in [1.165, 1.54) is 6.08 Å². The minimum atomic E-state index is -0.241. The minimum Gasteiger partial charge on any atom is -0.322 e. The van der Waals surface area contributed by atoms with Crippen LogP contribution in [-0.4, -0.2) is 25.7 Å². The number of benzene rings is 2. The van der Waals surface area contributed by atoms with Gasteiger partial charge in [-0.05, 0) is 48.9 Å². The Kier molecular flexibility index (Phi) is 4.87. The SMILES string of the molecule is Cc1nnc2ccc(-c3cccc(NC(=O)/C=C/c4ccccc4Cl)c3)nn12. The van der Waals surface area contributed by atoms with Crippen LogP contribution >= 0.6 is 11.6 Å². The van der Waals surface area contributed by atoms with Crippen LogP contribution in [0.2, 0.25) is 5.02 Å². The lowest BCUT2D eigenvalue weighted by Gasteiger charge is -2.06. The number of aryl methyl sites for hydroxylation is 1. The second-order valence-corrected chi connectivity index (χ2v) is 6.57. The molecule has 7 heteroatoms. The van der Waals surface area contributed by atoms with Crippen molar-refractivity contribution in [1.29, 1.82) is 0 Å². The number of amides is 1. The van der Waals surface area contributed by atoms with E-state index in [-0.39, 0.29) is 5.91 Å². The molecule has 2 heterocycles. The Bertz CT molecular complexity index is 1200. The summed E-state index contributed by atoms with van der Waals surface area (Å²) in [6, 6.07) is 18.6. The van der Waals surface area contributed by atoms with Crippen molar-refractivity contribution in [2.75, 3.05) is 5.32 Å². The lowest BCUT2D eigenvalue weighted by molar-refractivity contribution is -0.111. The summed E-state index contributed by atoms with van der Waals surface area (Å²) in [4.78, 5) is 12.3. The van der Waals surface area contributed by atoms with Gasteiger partial charge in [0.1, 0.15) is 0 Å². The third-order valence-corrected chi connectivity index (χ3v) is 4.51. The second-order valence-electron chi connectivity index (χ2n) is 6.16. The molecule has 2 aromatic carbocycles. The lowest BCUT2D eigenvalue weighted by Crippen LogP contribution is -2.07. The first kappa shape index (κ1) is 17.9. The largest absolute Gasteiger partial charge is 0.322 e. The van der Waals surface area contributed by atoms with Gasteiger partial charge in [-0.2, -0.15) is 9.61 Å². The van der Waals surface area contributed by atoms with Gasteiger partial charge in [0.15, 0.2) is 11.5 Å². The molecule has 0 aliphatic rings. The Balaban J connectivity index is 1.54. The number of nitrogens with zero attached hydrogens (tertiary/aromatic N) is 4.